The van der Waals surface area contributed by atoms with Crippen LogP contribution in [0.1, 0.15) is 21.7 Å². The minimum Gasteiger partial charge on any atom is -0.481 e. The molecular weight excluding hydrogens is 286 g/mol. The van der Waals surface area contributed by atoms with Gasteiger partial charge in [0.1, 0.15) is 0 Å². The van der Waals surface area contributed by atoms with Crippen LogP contribution in [0.15, 0.2) is 35.7 Å². The van der Waals surface area contributed by atoms with Crippen molar-refractivity contribution < 1.29 is 14.7 Å². The number of benzene rings is 1. The van der Waals surface area contributed by atoms with Gasteiger partial charge in [0.2, 0.25) is 0 Å². The number of nitrogens with zero attached hydrogens (tertiary/aromatic N) is 1. The van der Waals surface area contributed by atoms with Gasteiger partial charge in [0.05, 0.1) is 11.3 Å². The zero-order chi connectivity index (χ0) is 15.4. The standard InChI is InChI=1S/C16H17NO3S/c1-11-3-5-12(6-4-11)13-8-10-21-15(13)16(20)17(2)9-7-14(18)19/h3-6,8,10H,7,9H2,1-2H3,(H,18,19). The molecule has 0 spiro atoms. The quantitative estimate of drug-likeness (QED) is 0.922. The lowest BCUT2D eigenvalue weighted by Gasteiger charge is -2.16. The number of aryl methyl sites for hydroxylation is 1. The summed E-state index contributed by atoms with van der Waals surface area (Å²) in [6, 6.07) is 9.93. The van der Waals surface area contributed by atoms with Gasteiger partial charge in [-0.1, -0.05) is 29.8 Å². The van der Waals surface area contributed by atoms with Gasteiger partial charge in [-0.05, 0) is 23.9 Å². The van der Waals surface area contributed by atoms with E-state index in [4.69, 9.17) is 5.11 Å². The Morgan fingerprint density at radius 2 is 1.86 bits per heavy atom. The smallest absolute Gasteiger partial charge is 0.305 e. The first-order chi connectivity index (χ1) is 9.99. The third-order valence-corrected chi connectivity index (χ3v) is 4.13. The van der Waals surface area contributed by atoms with Crippen LogP contribution in [0, 0.1) is 6.92 Å². The summed E-state index contributed by atoms with van der Waals surface area (Å²) >= 11 is 1.38. The summed E-state index contributed by atoms with van der Waals surface area (Å²) in [6.45, 7) is 2.22. The average Bonchev–Trinajstić information content (AvgIpc) is 2.94. The Bertz CT molecular complexity index is 646. The van der Waals surface area contributed by atoms with Gasteiger partial charge in [0, 0.05) is 19.2 Å². The molecule has 0 aliphatic heterocycles. The summed E-state index contributed by atoms with van der Waals surface area (Å²) in [7, 11) is 1.63. The number of rotatable bonds is 5. The highest BCUT2D eigenvalue weighted by atomic mass is 32.1. The van der Waals surface area contributed by atoms with Crippen molar-refractivity contribution in [2.45, 2.75) is 13.3 Å². The largest absolute Gasteiger partial charge is 0.481 e. The first-order valence-electron chi connectivity index (χ1n) is 6.61. The van der Waals surface area contributed by atoms with Crippen LogP contribution >= 0.6 is 11.3 Å². The van der Waals surface area contributed by atoms with E-state index in [1.54, 1.807) is 7.05 Å². The van der Waals surface area contributed by atoms with Crippen molar-refractivity contribution in [1.82, 2.24) is 4.90 Å². The Hall–Kier alpha value is -2.14. The SMILES string of the molecule is Cc1ccc(-c2ccsc2C(=O)N(C)CCC(=O)O)cc1. The highest BCUT2D eigenvalue weighted by molar-refractivity contribution is 7.12. The molecule has 1 aromatic carbocycles. The molecular formula is C16H17NO3S. The molecule has 110 valence electrons. The maximum atomic E-state index is 12.4. The van der Waals surface area contributed by atoms with Gasteiger partial charge in [-0.3, -0.25) is 9.59 Å². The third-order valence-electron chi connectivity index (χ3n) is 3.23. The predicted molar refractivity (Wildman–Crippen MR) is 83.7 cm³/mol. The van der Waals surface area contributed by atoms with E-state index in [2.05, 4.69) is 0 Å². The van der Waals surface area contributed by atoms with Gasteiger partial charge >= 0.3 is 5.97 Å². The minimum absolute atomic E-state index is 0.0481. The van der Waals surface area contributed by atoms with Crippen LogP contribution < -0.4 is 0 Å². The maximum Gasteiger partial charge on any atom is 0.305 e. The highest BCUT2D eigenvalue weighted by Crippen LogP contribution is 2.29. The molecule has 4 nitrogen and oxygen atoms in total. The average molecular weight is 303 g/mol. The van der Waals surface area contributed by atoms with E-state index in [1.165, 1.54) is 21.8 Å². The molecule has 1 N–H and O–H groups in total. The number of carboxylic acid groups (broad SMARTS) is 1. The van der Waals surface area contributed by atoms with E-state index < -0.39 is 5.97 Å². The maximum absolute atomic E-state index is 12.4. The second-order valence-electron chi connectivity index (χ2n) is 4.90. The Morgan fingerprint density at radius 3 is 2.48 bits per heavy atom. The van der Waals surface area contributed by atoms with Crippen molar-refractivity contribution in [1.29, 1.82) is 0 Å². The Labute approximate surface area is 127 Å². The molecule has 1 amide bonds. The van der Waals surface area contributed by atoms with Crippen LogP contribution in [0.4, 0.5) is 0 Å². The van der Waals surface area contributed by atoms with Gasteiger partial charge in [-0.2, -0.15) is 0 Å². The number of hydrogen-bond donors (Lipinski definition) is 1. The fourth-order valence-corrected chi connectivity index (χ4v) is 2.88. The normalized spacial score (nSPS) is 10.4. The van der Waals surface area contributed by atoms with Crippen molar-refractivity contribution in [3.63, 3.8) is 0 Å². The molecule has 1 aromatic heterocycles. The van der Waals surface area contributed by atoms with Gasteiger partial charge in [0.15, 0.2) is 0 Å². The lowest BCUT2D eigenvalue weighted by Crippen LogP contribution is -2.28. The van der Waals surface area contributed by atoms with Gasteiger partial charge in [-0.15, -0.1) is 11.3 Å². The Morgan fingerprint density at radius 1 is 1.19 bits per heavy atom. The van der Waals surface area contributed by atoms with E-state index in [0.29, 0.717) is 4.88 Å². The summed E-state index contributed by atoms with van der Waals surface area (Å²) in [6.07, 6.45) is -0.0481. The van der Waals surface area contributed by atoms with Crippen molar-refractivity contribution in [2.75, 3.05) is 13.6 Å². The molecule has 0 saturated heterocycles. The summed E-state index contributed by atoms with van der Waals surface area (Å²) in [5, 5.41) is 10.6. The molecule has 0 atom stereocenters. The van der Waals surface area contributed by atoms with E-state index in [1.807, 2.05) is 42.6 Å². The zero-order valence-corrected chi connectivity index (χ0v) is 12.8. The van der Waals surface area contributed by atoms with Crippen LogP contribution in [0.3, 0.4) is 0 Å². The monoisotopic (exact) mass is 303 g/mol. The first-order valence-corrected chi connectivity index (χ1v) is 7.49. The van der Waals surface area contributed by atoms with Crippen molar-refractivity contribution in [3.8, 4) is 11.1 Å². The molecule has 0 aliphatic rings. The van der Waals surface area contributed by atoms with E-state index in [-0.39, 0.29) is 18.9 Å². The van der Waals surface area contributed by atoms with Gasteiger partial charge < -0.3 is 10.0 Å². The van der Waals surface area contributed by atoms with E-state index >= 15 is 0 Å². The van der Waals surface area contributed by atoms with Crippen LogP contribution in [0.25, 0.3) is 11.1 Å². The summed E-state index contributed by atoms with van der Waals surface area (Å²) in [4.78, 5) is 25.1. The minimum atomic E-state index is -0.903. The molecule has 2 rings (SSSR count). The van der Waals surface area contributed by atoms with Gasteiger partial charge in [0.25, 0.3) is 5.91 Å². The fraction of sp³-hybridized carbons (Fsp3) is 0.250. The van der Waals surface area contributed by atoms with Crippen LogP contribution in [0.2, 0.25) is 0 Å². The zero-order valence-electron chi connectivity index (χ0n) is 12.0. The molecule has 0 bridgehead atoms. The number of aliphatic carboxylic acids is 1. The number of carbonyl (C=O) groups excluding carboxylic acids is 1. The van der Waals surface area contributed by atoms with Crippen LogP contribution in [-0.2, 0) is 4.79 Å². The van der Waals surface area contributed by atoms with Crippen molar-refractivity contribution in [3.05, 3.63) is 46.2 Å². The van der Waals surface area contributed by atoms with Crippen LogP contribution in [0.5, 0.6) is 0 Å². The molecule has 5 heteroatoms. The molecule has 0 aliphatic carbocycles. The highest BCUT2D eigenvalue weighted by Gasteiger charge is 2.18. The molecule has 0 saturated carbocycles. The lowest BCUT2D eigenvalue weighted by molar-refractivity contribution is -0.137. The Kier molecular flexibility index (Phi) is 4.75. The fourth-order valence-electron chi connectivity index (χ4n) is 1.97. The first kappa shape index (κ1) is 15.3. The second-order valence-corrected chi connectivity index (χ2v) is 5.82. The number of carbonyl (C=O) groups is 2. The van der Waals surface area contributed by atoms with E-state index in [9.17, 15) is 9.59 Å². The molecule has 0 unspecified atom stereocenters. The topological polar surface area (TPSA) is 57.6 Å². The summed E-state index contributed by atoms with van der Waals surface area (Å²) in [5.41, 5.74) is 3.06. The predicted octanol–water partition coefficient (Wildman–Crippen LogP) is 3.27. The Balaban J connectivity index is 2.21. The van der Waals surface area contributed by atoms with Crippen LogP contribution in [-0.4, -0.2) is 35.5 Å². The van der Waals surface area contributed by atoms with Gasteiger partial charge in [-0.25, -0.2) is 0 Å². The number of carboxylic acids is 1. The summed E-state index contributed by atoms with van der Waals surface area (Å²) < 4.78 is 0. The molecule has 0 radical (unpaired) electrons. The third kappa shape index (κ3) is 3.70. The van der Waals surface area contributed by atoms with E-state index in [0.717, 1.165) is 11.1 Å². The second kappa shape index (κ2) is 6.54. The molecule has 0 fully saturated rings. The molecule has 1 heterocycles. The lowest BCUT2D eigenvalue weighted by atomic mass is 10.0. The molecule has 2 aromatic rings. The number of hydrogen-bond acceptors (Lipinski definition) is 3. The van der Waals surface area contributed by atoms with Crippen molar-refractivity contribution >= 4 is 23.2 Å². The summed E-state index contributed by atoms with van der Waals surface area (Å²) in [5.74, 6) is -1.04. The number of amides is 1. The number of thiophene rings is 1. The molecule has 21 heavy (non-hydrogen) atoms. The van der Waals surface area contributed by atoms with Crippen molar-refractivity contribution in [2.24, 2.45) is 0 Å².